The molecule has 0 heterocycles. The first-order valence-electron chi connectivity index (χ1n) is 5.08. The summed E-state index contributed by atoms with van der Waals surface area (Å²) in [5, 5.41) is 3.42. The van der Waals surface area contributed by atoms with Gasteiger partial charge in [-0.15, -0.1) is 6.42 Å². The molecule has 1 saturated carbocycles. The first-order valence-corrected chi connectivity index (χ1v) is 5.08. The molecule has 2 rings (SSSR count). The third kappa shape index (κ3) is 1.97. The molecule has 3 unspecified atom stereocenters. The second-order valence-corrected chi connectivity index (χ2v) is 3.91. The number of hydrogen-bond donors (Lipinski definition) is 1. The molecule has 1 nitrogen and oxygen atoms in total. The van der Waals surface area contributed by atoms with Gasteiger partial charge in [-0.25, -0.2) is 0 Å². The molecule has 1 aliphatic carbocycles. The van der Waals surface area contributed by atoms with Crippen molar-refractivity contribution < 1.29 is 0 Å². The van der Waals surface area contributed by atoms with Crippen LogP contribution in [0.1, 0.15) is 24.8 Å². The quantitative estimate of drug-likeness (QED) is 0.711. The van der Waals surface area contributed by atoms with Gasteiger partial charge in [-0.1, -0.05) is 36.3 Å². The van der Waals surface area contributed by atoms with Crippen molar-refractivity contribution in [3.63, 3.8) is 0 Å². The molecule has 3 atom stereocenters. The lowest BCUT2D eigenvalue weighted by Crippen LogP contribution is -2.27. The Balaban J connectivity index is 1.91. The zero-order valence-corrected chi connectivity index (χ0v) is 8.40. The van der Waals surface area contributed by atoms with Crippen molar-refractivity contribution in [3.8, 4) is 12.3 Å². The monoisotopic (exact) mass is 185 g/mol. The van der Waals surface area contributed by atoms with Gasteiger partial charge in [-0.3, -0.25) is 0 Å². The van der Waals surface area contributed by atoms with E-state index in [9.17, 15) is 0 Å². The Hall–Kier alpha value is -1.26. The van der Waals surface area contributed by atoms with Crippen molar-refractivity contribution in [3.05, 3.63) is 35.9 Å². The van der Waals surface area contributed by atoms with Crippen LogP contribution in [0.3, 0.4) is 0 Å². The maximum absolute atomic E-state index is 5.32. The molecular formula is C13H15N. The summed E-state index contributed by atoms with van der Waals surface area (Å²) in [5.74, 6) is 3.37. The highest BCUT2D eigenvalue weighted by molar-refractivity contribution is 5.28. The van der Waals surface area contributed by atoms with Crippen molar-refractivity contribution in [2.75, 3.05) is 0 Å². The summed E-state index contributed by atoms with van der Waals surface area (Å²) < 4.78 is 0. The summed E-state index contributed by atoms with van der Waals surface area (Å²) in [6.45, 7) is 2.03. The summed E-state index contributed by atoms with van der Waals surface area (Å²) in [6.07, 6.45) is 6.54. The maximum atomic E-state index is 5.32. The Kier molecular flexibility index (Phi) is 2.56. The van der Waals surface area contributed by atoms with Crippen molar-refractivity contribution in [2.24, 2.45) is 0 Å². The SMILES string of the molecule is C#CC(C)NC1CC1c1ccccc1. The van der Waals surface area contributed by atoms with E-state index in [0.29, 0.717) is 12.0 Å². The molecule has 14 heavy (non-hydrogen) atoms. The third-order valence-corrected chi connectivity index (χ3v) is 2.73. The Morgan fingerprint density at radius 1 is 1.43 bits per heavy atom. The van der Waals surface area contributed by atoms with Gasteiger partial charge in [0.05, 0.1) is 6.04 Å². The molecule has 1 aliphatic rings. The Bertz CT molecular complexity index is 336. The van der Waals surface area contributed by atoms with Crippen LogP contribution in [-0.4, -0.2) is 12.1 Å². The van der Waals surface area contributed by atoms with Crippen LogP contribution in [0.25, 0.3) is 0 Å². The van der Waals surface area contributed by atoms with Gasteiger partial charge in [0.1, 0.15) is 0 Å². The van der Waals surface area contributed by atoms with E-state index in [1.807, 2.05) is 6.92 Å². The molecule has 0 aliphatic heterocycles. The fourth-order valence-corrected chi connectivity index (χ4v) is 1.82. The number of benzene rings is 1. The van der Waals surface area contributed by atoms with Gasteiger partial charge in [-0.2, -0.15) is 0 Å². The minimum absolute atomic E-state index is 0.189. The molecule has 0 aromatic heterocycles. The van der Waals surface area contributed by atoms with Crippen LogP contribution in [-0.2, 0) is 0 Å². The van der Waals surface area contributed by atoms with Gasteiger partial charge >= 0.3 is 0 Å². The Morgan fingerprint density at radius 2 is 2.14 bits per heavy atom. The molecule has 1 aromatic carbocycles. The molecule has 0 bridgehead atoms. The van der Waals surface area contributed by atoms with Crippen LogP contribution in [0.15, 0.2) is 30.3 Å². The van der Waals surface area contributed by atoms with Crippen molar-refractivity contribution >= 4 is 0 Å². The van der Waals surface area contributed by atoms with Gasteiger partial charge < -0.3 is 5.32 Å². The predicted molar refractivity (Wildman–Crippen MR) is 59.0 cm³/mol. The van der Waals surface area contributed by atoms with E-state index >= 15 is 0 Å². The van der Waals surface area contributed by atoms with E-state index in [-0.39, 0.29) is 6.04 Å². The lowest BCUT2D eigenvalue weighted by molar-refractivity contribution is 0.631. The van der Waals surface area contributed by atoms with E-state index in [2.05, 4.69) is 41.6 Å². The Labute approximate surface area is 85.5 Å². The fourth-order valence-electron chi connectivity index (χ4n) is 1.82. The largest absolute Gasteiger partial charge is 0.300 e. The summed E-state index contributed by atoms with van der Waals surface area (Å²) in [5.41, 5.74) is 1.43. The number of hydrogen-bond acceptors (Lipinski definition) is 1. The topological polar surface area (TPSA) is 12.0 Å². The average molecular weight is 185 g/mol. The van der Waals surface area contributed by atoms with E-state index in [1.165, 1.54) is 12.0 Å². The average Bonchev–Trinajstić information content (AvgIpc) is 2.98. The molecular weight excluding hydrogens is 170 g/mol. The fraction of sp³-hybridized carbons (Fsp3) is 0.385. The summed E-state index contributed by atoms with van der Waals surface area (Å²) in [4.78, 5) is 0. The molecule has 0 radical (unpaired) electrons. The molecule has 1 heteroatoms. The molecule has 1 aromatic rings. The van der Waals surface area contributed by atoms with Crippen molar-refractivity contribution in [1.82, 2.24) is 5.32 Å². The molecule has 1 fully saturated rings. The minimum Gasteiger partial charge on any atom is -0.300 e. The lowest BCUT2D eigenvalue weighted by atomic mass is 10.1. The van der Waals surface area contributed by atoms with Gasteiger partial charge in [0.15, 0.2) is 0 Å². The van der Waals surface area contributed by atoms with Crippen LogP contribution in [0, 0.1) is 12.3 Å². The molecule has 0 amide bonds. The first-order chi connectivity index (χ1) is 6.81. The number of terminal acetylenes is 1. The Morgan fingerprint density at radius 3 is 2.79 bits per heavy atom. The highest BCUT2D eigenvalue weighted by Crippen LogP contribution is 2.40. The van der Waals surface area contributed by atoms with Crippen LogP contribution in [0.2, 0.25) is 0 Å². The molecule has 0 spiro atoms. The molecule has 0 saturated heterocycles. The van der Waals surface area contributed by atoms with Gasteiger partial charge in [0.25, 0.3) is 0 Å². The third-order valence-electron chi connectivity index (χ3n) is 2.73. The first kappa shape index (κ1) is 9.30. The van der Waals surface area contributed by atoms with Crippen LogP contribution >= 0.6 is 0 Å². The summed E-state index contributed by atoms with van der Waals surface area (Å²) >= 11 is 0. The van der Waals surface area contributed by atoms with Crippen molar-refractivity contribution in [1.29, 1.82) is 0 Å². The van der Waals surface area contributed by atoms with Crippen LogP contribution < -0.4 is 5.32 Å². The zero-order valence-electron chi connectivity index (χ0n) is 8.40. The standard InChI is InChI=1S/C13H15N/c1-3-10(2)14-13-9-12(13)11-7-5-4-6-8-11/h1,4-8,10,12-14H,9H2,2H3. The summed E-state index contributed by atoms with van der Waals surface area (Å²) in [6, 6.07) is 11.4. The molecule has 1 N–H and O–H groups in total. The zero-order chi connectivity index (χ0) is 9.97. The smallest absolute Gasteiger partial charge is 0.0660 e. The second-order valence-electron chi connectivity index (χ2n) is 3.91. The van der Waals surface area contributed by atoms with E-state index in [0.717, 1.165) is 0 Å². The van der Waals surface area contributed by atoms with E-state index in [4.69, 9.17) is 6.42 Å². The highest BCUT2D eigenvalue weighted by atomic mass is 15.0. The van der Waals surface area contributed by atoms with Gasteiger partial charge in [0.2, 0.25) is 0 Å². The number of nitrogens with one attached hydrogen (secondary N) is 1. The predicted octanol–water partition coefficient (Wildman–Crippen LogP) is 2.15. The molecule has 72 valence electrons. The second kappa shape index (κ2) is 3.86. The summed E-state index contributed by atoms with van der Waals surface area (Å²) in [7, 11) is 0. The normalized spacial score (nSPS) is 26.6. The van der Waals surface area contributed by atoms with Crippen molar-refractivity contribution in [2.45, 2.75) is 31.3 Å². The number of rotatable bonds is 3. The van der Waals surface area contributed by atoms with E-state index in [1.54, 1.807) is 0 Å². The lowest BCUT2D eigenvalue weighted by Gasteiger charge is -2.06. The van der Waals surface area contributed by atoms with Gasteiger partial charge in [0, 0.05) is 12.0 Å². The van der Waals surface area contributed by atoms with Crippen LogP contribution in [0.5, 0.6) is 0 Å². The minimum atomic E-state index is 0.189. The maximum Gasteiger partial charge on any atom is 0.0660 e. The highest BCUT2D eigenvalue weighted by Gasteiger charge is 2.38. The van der Waals surface area contributed by atoms with E-state index < -0.39 is 0 Å². The van der Waals surface area contributed by atoms with Crippen LogP contribution in [0.4, 0.5) is 0 Å². The van der Waals surface area contributed by atoms with Gasteiger partial charge in [-0.05, 0) is 18.9 Å².